The van der Waals surface area contributed by atoms with Crippen LogP contribution in [-0.2, 0) is 10.2 Å². The predicted molar refractivity (Wildman–Crippen MR) is 76.5 cm³/mol. The highest BCUT2D eigenvalue weighted by Gasteiger charge is 2.20. The molecule has 19 heavy (non-hydrogen) atoms. The second-order valence-electron chi connectivity index (χ2n) is 4.25. The van der Waals surface area contributed by atoms with Gasteiger partial charge >= 0.3 is 16.2 Å². The summed E-state index contributed by atoms with van der Waals surface area (Å²) in [7, 11) is -2.25. The molecule has 0 aliphatic carbocycles. The van der Waals surface area contributed by atoms with Gasteiger partial charge in [0.25, 0.3) is 0 Å². The summed E-state index contributed by atoms with van der Waals surface area (Å²) in [6, 6.07) is 3.95. The van der Waals surface area contributed by atoms with E-state index in [1.165, 1.54) is 25.2 Å². The molecule has 106 valence electrons. The molecule has 0 aliphatic heterocycles. The minimum atomic E-state index is -3.70. The minimum absolute atomic E-state index is 0.000671. The van der Waals surface area contributed by atoms with E-state index in [-0.39, 0.29) is 17.3 Å². The Hall–Kier alpha value is -1.12. The SMILES string of the molecule is CC(C)N(C)S(=O)(=O)Nc1cc(Br)cc(C(=O)O)c1. The number of anilines is 1. The lowest BCUT2D eigenvalue weighted by atomic mass is 10.2. The highest BCUT2D eigenvalue weighted by Crippen LogP contribution is 2.21. The Labute approximate surface area is 120 Å². The first-order valence-electron chi connectivity index (χ1n) is 5.43. The molecule has 0 aliphatic rings. The number of rotatable bonds is 5. The van der Waals surface area contributed by atoms with Crippen LogP contribution < -0.4 is 4.72 Å². The van der Waals surface area contributed by atoms with Crippen molar-refractivity contribution in [2.75, 3.05) is 11.8 Å². The molecule has 0 saturated heterocycles. The van der Waals surface area contributed by atoms with Gasteiger partial charge in [0.05, 0.1) is 11.3 Å². The zero-order valence-electron chi connectivity index (χ0n) is 10.7. The molecular weight excluding hydrogens is 336 g/mol. The molecule has 1 aromatic rings. The summed E-state index contributed by atoms with van der Waals surface area (Å²) >= 11 is 3.14. The van der Waals surface area contributed by atoms with Crippen LogP contribution in [0.2, 0.25) is 0 Å². The van der Waals surface area contributed by atoms with E-state index in [9.17, 15) is 13.2 Å². The molecule has 0 heterocycles. The minimum Gasteiger partial charge on any atom is -0.478 e. The van der Waals surface area contributed by atoms with E-state index < -0.39 is 16.2 Å². The quantitative estimate of drug-likeness (QED) is 0.851. The van der Waals surface area contributed by atoms with Crippen LogP contribution in [0, 0.1) is 0 Å². The number of hydrogen-bond acceptors (Lipinski definition) is 3. The highest BCUT2D eigenvalue weighted by atomic mass is 79.9. The molecule has 0 saturated carbocycles. The zero-order chi connectivity index (χ0) is 14.8. The van der Waals surface area contributed by atoms with E-state index in [0.717, 1.165) is 4.31 Å². The van der Waals surface area contributed by atoms with Crippen molar-refractivity contribution in [2.45, 2.75) is 19.9 Å². The predicted octanol–water partition coefficient (Wildman–Crippen LogP) is 2.14. The maximum Gasteiger partial charge on any atom is 0.335 e. The normalized spacial score (nSPS) is 11.9. The third-order valence-corrected chi connectivity index (χ3v) is 4.63. The van der Waals surface area contributed by atoms with Gasteiger partial charge in [-0.05, 0) is 32.0 Å². The van der Waals surface area contributed by atoms with Crippen molar-refractivity contribution in [3.8, 4) is 0 Å². The first-order chi connectivity index (χ1) is 8.63. The maximum absolute atomic E-state index is 12.0. The van der Waals surface area contributed by atoms with Crippen LogP contribution in [0.3, 0.4) is 0 Å². The fraction of sp³-hybridized carbons (Fsp3) is 0.364. The Bertz CT molecular complexity index is 586. The van der Waals surface area contributed by atoms with Crippen LogP contribution in [0.4, 0.5) is 5.69 Å². The van der Waals surface area contributed by atoms with Gasteiger partial charge in [-0.2, -0.15) is 12.7 Å². The van der Waals surface area contributed by atoms with Crippen molar-refractivity contribution in [1.29, 1.82) is 0 Å². The van der Waals surface area contributed by atoms with Gasteiger partial charge < -0.3 is 5.11 Å². The van der Waals surface area contributed by atoms with E-state index in [0.29, 0.717) is 4.47 Å². The van der Waals surface area contributed by atoms with E-state index in [1.807, 2.05) is 0 Å². The van der Waals surface area contributed by atoms with Crippen molar-refractivity contribution in [2.24, 2.45) is 0 Å². The Morgan fingerprint density at radius 2 is 1.95 bits per heavy atom. The molecule has 0 spiro atoms. The van der Waals surface area contributed by atoms with Crippen molar-refractivity contribution in [3.63, 3.8) is 0 Å². The number of halogens is 1. The second-order valence-corrected chi connectivity index (χ2v) is 6.90. The maximum atomic E-state index is 12.0. The van der Waals surface area contributed by atoms with Gasteiger partial charge in [-0.3, -0.25) is 4.72 Å². The third-order valence-electron chi connectivity index (χ3n) is 2.50. The molecule has 2 N–H and O–H groups in total. The van der Waals surface area contributed by atoms with Crippen LogP contribution in [0.15, 0.2) is 22.7 Å². The van der Waals surface area contributed by atoms with Gasteiger partial charge in [0.15, 0.2) is 0 Å². The van der Waals surface area contributed by atoms with E-state index in [4.69, 9.17) is 5.11 Å². The largest absolute Gasteiger partial charge is 0.478 e. The standard InChI is InChI=1S/C11H15BrN2O4S/c1-7(2)14(3)19(17,18)13-10-5-8(11(15)16)4-9(12)6-10/h4-7,13H,1-3H3,(H,15,16). The molecule has 0 bridgehead atoms. The molecule has 6 nitrogen and oxygen atoms in total. The number of carbonyl (C=O) groups is 1. The lowest BCUT2D eigenvalue weighted by molar-refractivity contribution is 0.0697. The topological polar surface area (TPSA) is 86.7 Å². The molecule has 0 radical (unpaired) electrons. The highest BCUT2D eigenvalue weighted by molar-refractivity contribution is 9.10. The van der Waals surface area contributed by atoms with Crippen LogP contribution >= 0.6 is 15.9 Å². The van der Waals surface area contributed by atoms with Gasteiger partial charge in [0.1, 0.15) is 0 Å². The molecule has 0 aromatic heterocycles. The number of carboxylic acid groups (broad SMARTS) is 1. The van der Waals surface area contributed by atoms with E-state index >= 15 is 0 Å². The summed E-state index contributed by atoms with van der Waals surface area (Å²) in [5.74, 6) is -1.13. The summed E-state index contributed by atoms with van der Waals surface area (Å²) in [5.41, 5.74) is 0.193. The lowest BCUT2D eigenvalue weighted by Crippen LogP contribution is -2.37. The fourth-order valence-electron chi connectivity index (χ4n) is 1.27. The van der Waals surface area contributed by atoms with Crippen molar-refractivity contribution in [1.82, 2.24) is 4.31 Å². The van der Waals surface area contributed by atoms with Crippen LogP contribution in [0.1, 0.15) is 24.2 Å². The molecule has 1 aromatic carbocycles. The molecular formula is C11H15BrN2O4S. The van der Waals surface area contributed by atoms with Gasteiger partial charge in [-0.15, -0.1) is 0 Å². The van der Waals surface area contributed by atoms with Crippen LogP contribution in [0.25, 0.3) is 0 Å². The third kappa shape index (κ3) is 4.19. The molecule has 0 fully saturated rings. The lowest BCUT2D eigenvalue weighted by Gasteiger charge is -2.21. The number of carboxylic acids is 1. The van der Waals surface area contributed by atoms with Crippen LogP contribution in [-0.4, -0.2) is 36.9 Å². The van der Waals surface area contributed by atoms with Gasteiger partial charge in [0, 0.05) is 17.6 Å². The Kier molecular flexibility index (Phi) is 4.94. The summed E-state index contributed by atoms with van der Waals surface area (Å²) in [6.45, 7) is 3.48. The summed E-state index contributed by atoms with van der Waals surface area (Å²) in [5, 5.41) is 8.92. The molecule has 1 rings (SSSR count). The summed E-state index contributed by atoms with van der Waals surface area (Å²) in [6.07, 6.45) is 0. The number of aromatic carboxylic acids is 1. The zero-order valence-corrected chi connectivity index (χ0v) is 13.1. The second kappa shape index (κ2) is 5.89. The molecule has 8 heteroatoms. The monoisotopic (exact) mass is 350 g/mol. The Morgan fingerprint density at radius 1 is 1.37 bits per heavy atom. The Morgan fingerprint density at radius 3 is 2.42 bits per heavy atom. The number of nitrogens with one attached hydrogen (secondary N) is 1. The van der Waals surface area contributed by atoms with E-state index in [1.54, 1.807) is 13.8 Å². The first kappa shape index (κ1) is 15.9. The van der Waals surface area contributed by atoms with Gasteiger partial charge in [-0.25, -0.2) is 4.79 Å². The fourth-order valence-corrected chi connectivity index (χ4v) is 2.88. The number of hydrogen-bond donors (Lipinski definition) is 2. The smallest absolute Gasteiger partial charge is 0.335 e. The van der Waals surface area contributed by atoms with Crippen molar-refractivity contribution >= 4 is 37.8 Å². The average Bonchev–Trinajstić information content (AvgIpc) is 2.26. The van der Waals surface area contributed by atoms with Crippen molar-refractivity contribution in [3.05, 3.63) is 28.2 Å². The molecule has 0 amide bonds. The van der Waals surface area contributed by atoms with Gasteiger partial charge in [0.2, 0.25) is 0 Å². The number of benzene rings is 1. The van der Waals surface area contributed by atoms with Crippen LogP contribution in [0.5, 0.6) is 0 Å². The molecule has 0 atom stereocenters. The first-order valence-corrected chi connectivity index (χ1v) is 7.66. The average molecular weight is 351 g/mol. The number of nitrogens with zero attached hydrogens (tertiary/aromatic N) is 1. The molecule has 0 unspecified atom stereocenters. The Balaban J connectivity index is 3.09. The van der Waals surface area contributed by atoms with E-state index in [2.05, 4.69) is 20.7 Å². The summed E-state index contributed by atoms with van der Waals surface area (Å²) in [4.78, 5) is 10.9. The van der Waals surface area contributed by atoms with Crippen molar-refractivity contribution < 1.29 is 18.3 Å². The summed E-state index contributed by atoms with van der Waals surface area (Å²) < 4.78 is 28.0. The van der Waals surface area contributed by atoms with Gasteiger partial charge in [-0.1, -0.05) is 15.9 Å².